The zero-order valence-corrected chi connectivity index (χ0v) is 16.4. The number of hydrogen-bond donors (Lipinski definition) is 3. The predicted octanol–water partition coefficient (Wildman–Crippen LogP) is 1.31. The van der Waals surface area contributed by atoms with Crippen LogP contribution in [0.4, 0.5) is 16.2 Å². The van der Waals surface area contributed by atoms with E-state index in [-0.39, 0.29) is 30.3 Å². The number of anilines is 2. The molecule has 27 heavy (non-hydrogen) atoms. The second kappa shape index (κ2) is 7.84. The fourth-order valence-corrected chi connectivity index (χ4v) is 3.70. The van der Waals surface area contributed by atoms with Gasteiger partial charge in [0.15, 0.2) is 0 Å². The Balaban J connectivity index is 1.98. The fraction of sp³-hybridized carbons (Fsp3) is 0.579. The summed E-state index contributed by atoms with van der Waals surface area (Å²) in [6, 6.07) is 5.83. The molecule has 2 unspecified atom stereocenters. The minimum atomic E-state index is -0.393. The van der Waals surface area contributed by atoms with Crippen LogP contribution in [-0.4, -0.2) is 49.9 Å². The first-order chi connectivity index (χ1) is 12.8. The highest BCUT2D eigenvalue weighted by atomic mass is 16.6. The van der Waals surface area contributed by atoms with E-state index in [0.717, 1.165) is 11.3 Å². The summed E-state index contributed by atoms with van der Waals surface area (Å²) >= 11 is 0. The maximum absolute atomic E-state index is 12.7. The number of amides is 2. The molecule has 3 atom stereocenters. The van der Waals surface area contributed by atoms with Crippen molar-refractivity contribution in [2.75, 3.05) is 29.4 Å². The van der Waals surface area contributed by atoms with Crippen LogP contribution < -0.4 is 26.2 Å². The topological polar surface area (TPSA) is 99.9 Å². The number of ether oxygens (including phenoxy) is 1. The van der Waals surface area contributed by atoms with Crippen molar-refractivity contribution in [1.82, 2.24) is 10.6 Å². The monoisotopic (exact) mass is 375 g/mol. The molecule has 2 aliphatic rings. The predicted molar refractivity (Wildman–Crippen MR) is 105 cm³/mol. The molecule has 2 amide bonds. The van der Waals surface area contributed by atoms with E-state index >= 15 is 0 Å². The van der Waals surface area contributed by atoms with Crippen molar-refractivity contribution in [3.05, 3.63) is 23.8 Å². The van der Waals surface area contributed by atoms with Gasteiger partial charge in [0.1, 0.15) is 0 Å². The summed E-state index contributed by atoms with van der Waals surface area (Å²) in [5.74, 6) is -0.0446. The number of hydrogen-bond acceptors (Lipinski definition) is 6. The van der Waals surface area contributed by atoms with E-state index in [1.165, 1.54) is 0 Å². The standard InChI is InChI=1S/C19H29N5O3/c1-11(2)27-19(26)23-10-12(3)24(13(4)25)16-6-5-14(7-17(16)23)15-8-22-18(20)9-21-15/h5-7,11-12,15,18,21-22H,8-10,20H2,1-4H3/t12-,15?,18?/m0/s1. The molecule has 0 saturated carbocycles. The number of nitrogens with zero attached hydrogens (tertiary/aromatic N) is 2. The Hall–Kier alpha value is -2.16. The average Bonchev–Trinajstić information content (AvgIpc) is 2.60. The van der Waals surface area contributed by atoms with E-state index in [9.17, 15) is 9.59 Å². The summed E-state index contributed by atoms with van der Waals surface area (Å²) in [6.45, 7) is 8.88. The molecule has 1 aromatic carbocycles. The molecule has 148 valence electrons. The Morgan fingerprint density at radius 1 is 1.22 bits per heavy atom. The second-order valence-corrected chi connectivity index (χ2v) is 7.50. The van der Waals surface area contributed by atoms with Crippen LogP contribution >= 0.6 is 0 Å². The number of nitrogens with two attached hydrogens (primary N) is 1. The number of nitrogens with one attached hydrogen (secondary N) is 2. The normalized spacial score (nSPS) is 25.3. The smallest absolute Gasteiger partial charge is 0.414 e. The maximum Gasteiger partial charge on any atom is 0.414 e. The molecule has 1 fully saturated rings. The number of fused-ring (bicyclic) bond motifs is 1. The van der Waals surface area contributed by atoms with Gasteiger partial charge in [0.2, 0.25) is 5.91 Å². The van der Waals surface area contributed by atoms with Gasteiger partial charge < -0.3 is 20.7 Å². The number of piperazine rings is 1. The van der Waals surface area contributed by atoms with E-state index in [4.69, 9.17) is 10.5 Å². The summed E-state index contributed by atoms with van der Waals surface area (Å²) in [5, 5.41) is 6.66. The van der Waals surface area contributed by atoms with Gasteiger partial charge in [-0.05, 0) is 38.5 Å². The molecule has 0 aromatic heterocycles. The van der Waals surface area contributed by atoms with Gasteiger partial charge in [0, 0.05) is 32.6 Å². The van der Waals surface area contributed by atoms with Crippen molar-refractivity contribution in [3.63, 3.8) is 0 Å². The molecule has 2 heterocycles. The number of carbonyl (C=O) groups excluding carboxylic acids is 2. The molecule has 1 aromatic rings. The van der Waals surface area contributed by atoms with Crippen LogP contribution in [0.1, 0.15) is 39.3 Å². The first kappa shape index (κ1) is 19.6. The molecule has 3 rings (SSSR count). The van der Waals surface area contributed by atoms with E-state index in [1.807, 2.05) is 39.0 Å². The van der Waals surface area contributed by atoms with Gasteiger partial charge in [-0.25, -0.2) is 4.79 Å². The quantitative estimate of drug-likeness (QED) is 0.721. The highest BCUT2D eigenvalue weighted by Crippen LogP contribution is 2.38. The molecule has 0 bridgehead atoms. The van der Waals surface area contributed by atoms with Crippen molar-refractivity contribution in [3.8, 4) is 0 Å². The minimum absolute atomic E-state index is 0.0446. The van der Waals surface area contributed by atoms with E-state index in [0.29, 0.717) is 25.3 Å². The van der Waals surface area contributed by atoms with Gasteiger partial charge in [-0.15, -0.1) is 0 Å². The van der Waals surface area contributed by atoms with Crippen molar-refractivity contribution >= 4 is 23.4 Å². The van der Waals surface area contributed by atoms with Gasteiger partial charge in [0.05, 0.1) is 29.7 Å². The summed E-state index contributed by atoms with van der Waals surface area (Å²) in [5.41, 5.74) is 8.33. The zero-order chi connectivity index (χ0) is 19.7. The van der Waals surface area contributed by atoms with Gasteiger partial charge in [-0.2, -0.15) is 0 Å². The van der Waals surface area contributed by atoms with Gasteiger partial charge >= 0.3 is 6.09 Å². The molecule has 1 saturated heterocycles. The largest absolute Gasteiger partial charge is 0.446 e. The van der Waals surface area contributed by atoms with Crippen LogP contribution in [0.3, 0.4) is 0 Å². The molecule has 0 spiro atoms. The van der Waals surface area contributed by atoms with Crippen LogP contribution in [0.25, 0.3) is 0 Å². The number of carbonyl (C=O) groups is 2. The van der Waals surface area contributed by atoms with Gasteiger partial charge in [-0.3, -0.25) is 15.0 Å². The Morgan fingerprint density at radius 2 is 1.96 bits per heavy atom. The lowest BCUT2D eigenvalue weighted by atomic mass is 10.00. The van der Waals surface area contributed by atoms with E-state index in [2.05, 4.69) is 10.6 Å². The molecular weight excluding hydrogens is 346 g/mol. The highest BCUT2D eigenvalue weighted by molar-refractivity contribution is 6.02. The third kappa shape index (κ3) is 4.07. The summed E-state index contributed by atoms with van der Waals surface area (Å²) in [4.78, 5) is 28.3. The van der Waals surface area contributed by atoms with Crippen molar-refractivity contribution in [2.45, 2.75) is 52.0 Å². The first-order valence-corrected chi connectivity index (χ1v) is 9.42. The van der Waals surface area contributed by atoms with Crippen molar-refractivity contribution in [1.29, 1.82) is 0 Å². The molecule has 0 aliphatic carbocycles. The Morgan fingerprint density at radius 3 is 2.56 bits per heavy atom. The third-order valence-corrected chi connectivity index (χ3v) is 4.90. The number of benzene rings is 1. The van der Waals surface area contributed by atoms with Crippen LogP contribution in [0.5, 0.6) is 0 Å². The summed E-state index contributed by atoms with van der Waals surface area (Å²) < 4.78 is 5.43. The lowest BCUT2D eigenvalue weighted by Crippen LogP contribution is -2.54. The molecule has 4 N–H and O–H groups in total. The van der Waals surface area contributed by atoms with E-state index < -0.39 is 6.09 Å². The maximum atomic E-state index is 12.7. The van der Waals surface area contributed by atoms with Crippen LogP contribution in [0, 0.1) is 0 Å². The Kier molecular flexibility index (Phi) is 5.69. The fourth-order valence-electron chi connectivity index (χ4n) is 3.70. The average molecular weight is 375 g/mol. The lowest BCUT2D eigenvalue weighted by molar-refractivity contribution is -0.117. The summed E-state index contributed by atoms with van der Waals surface area (Å²) in [7, 11) is 0. The van der Waals surface area contributed by atoms with Crippen LogP contribution in [0.15, 0.2) is 18.2 Å². The molecule has 0 radical (unpaired) electrons. The molecule has 2 aliphatic heterocycles. The molecule has 8 heteroatoms. The first-order valence-electron chi connectivity index (χ1n) is 9.42. The van der Waals surface area contributed by atoms with Gasteiger partial charge in [0.25, 0.3) is 0 Å². The van der Waals surface area contributed by atoms with E-state index in [1.54, 1.807) is 16.7 Å². The zero-order valence-electron chi connectivity index (χ0n) is 16.4. The lowest BCUT2D eigenvalue weighted by Gasteiger charge is -2.41. The Labute approximate surface area is 160 Å². The highest BCUT2D eigenvalue weighted by Gasteiger charge is 2.35. The minimum Gasteiger partial charge on any atom is -0.446 e. The molecule has 8 nitrogen and oxygen atoms in total. The van der Waals surface area contributed by atoms with Crippen LogP contribution in [-0.2, 0) is 9.53 Å². The number of rotatable bonds is 2. The van der Waals surface area contributed by atoms with Crippen molar-refractivity contribution in [2.24, 2.45) is 5.73 Å². The van der Waals surface area contributed by atoms with Gasteiger partial charge in [-0.1, -0.05) is 6.07 Å². The SMILES string of the molecule is CC(=O)N1c2ccc(C3CNC(N)CN3)cc2N(C(=O)OC(C)C)C[C@@H]1C. The third-order valence-electron chi connectivity index (χ3n) is 4.90. The molecular formula is C19H29N5O3. The van der Waals surface area contributed by atoms with Crippen LogP contribution in [0.2, 0.25) is 0 Å². The Bertz CT molecular complexity index is 715. The second-order valence-electron chi connectivity index (χ2n) is 7.50. The van der Waals surface area contributed by atoms with Crippen molar-refractivity contribution < 1.29 is 14.3 Å². The summed E-state index contributed by atoms with van der Waals surface area (Å²) in [6.07, 6.45) is -0.670.